The van der Waals surface area contributed by atoms with E-state index >= 15 is 0 Å². The Bertz CT molecular complexity index is 3770. The van der Waals surface area contributed by atoms with Gasteiger partial charge in [0.1, 0.15) is 22.3 Å². The summed E-state index contributed by atoms with van der Waals surface area (Å²) in [6.07, 6.45) is 5.89. The second kappa shape index (κ2) is 11.2. The van der Waals surface area contributed by atoms with E-state index in [0.29, 0.717) is 0 Å². The molecule has 12 aromatic rings. The Labute approximate surface area is 320 Å². The SMILES string of the molecule is C1=c2c(c3ccccc3c3ccccc23)=CC(c2ccc3oc4cc5c(cc4c3c2)oc2ccc(-c3ccc4c6ccccc6c6ccccc6c4c3)cc25)C1. The second-order valence-corrected chi connectivity index (χ2v) is 15.5. The summed E-state index contributed by atoms with van der Waals surface area (Å²) in [4.78, 5) is 0. The summed E-state index contributed by atoms with van der Waals surface area (Å²) in [5.41, 5.74) is 7.18. The van der Waals surface area contributed by atoms with E-state index in [1.807, 2.05) is 0 Å². The van der Waals surface area contributed by atoms with E-state index in [2.05, 4.69) is 176 Å². The molecule has 0 fully saturated rings. The topological polar surface area (TPSA) is 26.3 Å². The van der Waals surface area contributed by atoms with Crippen molar-refractivity contribution in [2.45, 2.75) is 12.3 Å². The van der Waals surface area contributed by atoms with Crippen molar-refractivity contribution < 1.29 is 8.83 Å². The van der Waals surface area contributed by atoms with Gasteiger partial charge in [-0.2, -0.15) is 0 Å². The van der Waals surface area contributed by atoms with Crippen LogP contribution in [-0.4, -0.2) is 0 Å². The number of benzene rings is 10. The fourth-order valence-electron chi connectivity index (χ4n) is 9.90. The first-order valence-electron chi connectivity index (χ1n) is 19.5. The summed E-state index contributed by atoms with van der Waals surface area (Å²) in [5, 5.41) is 20.0. The standard InChI is InChI=1S/C54H32O2/c1-3-13-39-35(9-1)37-11-5-7-15-41(37)45-25-31(17-21-43(39)45)33-19-23-51-47(27-33)49-29-54-50(30-53(49)55-51)48-28-34(20-24-52(48)56-54)32-18-22-44-40-14-4-2-10-36(40)38-12-6-8-16-42(38)46(44)26-32/h1-17,19-30,32H,18H2. The lowest BCUT2D eigenvalue weighted by Crippen LogP contribution is -2.30. The van der Waals surface area contributed by atoms with Crippen LogP contribution in [-0.2, 0) is 0 Å². The van der Waals surface area contributed by atoms with Crippen molar-refractivity contribution >= 4 is 110 Å². The molecule has 1 atom stereocenters. The first-order chi connectivity index (χ1) is 27.7. The fraction of sp³-hybridized carbons (Fsp3) is 0.0370. The molecule has 0 bridgehead atoms. The lowest BCUT2D eigenvalue weighted by atomic mass is 9.86. The highest BCUT2D eigenvalue weighted by Crippen LogP contribution is 2.41. The Hall–Kier alpha value is -7.16. The molecular formula is C54H32O2. The summed E-state index contributed by atoms with van der Waals surface area (Å²) >= 11 is 0. The Kier molecular flexibility index (Phi) is 6.04. The average Bonchev–Trinajstić information content (AvgIpc) is 3.81. The minimum atomic E-state index is 0.265. The molecule has 10 aromatic carbocycles. The van der Waals surface area contributed by atoms with Crippen molar-refractivity contribution in [2.24, 2.45) is 0 Å². The monoisotopic (exact) mass is 712 g/mol. The molecule has 0 saturated carbocycles. The molecule has 2 heterocycles. The van der Waals surface area contributed by atoms with E-state index in [0.717, 1.165) is 55.9 Å². The van der Waals surface area contributed by atoms with Gasteiger partial charge in [0.05, 0.1) is 0 Å². The van der Waals surface area contributed by atoms with E-state index < -0.39 is 0 Å². The zero-order chi connectivity index (χ0) is 36.5. The fourth-order valence-corrected chi connectivity index (χ4v) is 9.90. The molecule has 260 valence electrons. The first kappa shape index (κ1) is 30.2. The normalized spacial score (nSPS) is 14.5. The van der Waals surface area contributed by atoms with Crippen LogP contribution in [0, 0.1) is 0 Å². The van der Waals surface area contributed by atoms with Crippen LogP contribution in [0.15, 0.2) is 173 Å². The van der Waals surface area contributed by atoms with Gasteiger partial charge in [0.2, 0.25) is 0 Å². The molecule has 2 heteroatoms. The average molecular weight is 713 g/mol. The highest BCUT2D eigenvalue weighted by atomic mass is 16.3. The highest BCUT2D eigenvalue weighted by molar-refractivity contribution is 6.26. The lowest BCUT2D eigenvalue weighted by Gasteiger charge is -2.17. The second-order valence-electron chi connectivity index (χ2n) is 15.5. The van der Waals surface area contributed by atoms with Crippen molar-refractivity contribution in [3.8, 4) is 11.1 Å². The summed E-state index contributed by atoms with van der Waals surface area (Å²) in [6.45, 7) is 0. The van der Waals surface area contributed by atoms with E-state index in [1.54, 1.807) is 0 Å². The summed E-state index contributed by atoms with van der Waals surface area (Å²) in [7, 11) is 0. The van der Waals surface area contributed by atoms with Gasteiger partial charge in [0, 0.05) is 27.5 Å². The van der Waals surface area contributed by atoms with Crippen molar-refractivity contribution in [3.05, 3.63) is 180 Å². The Balaban J connectivity index is 0.933. The smallest absolute Gasteiger partial charge is 0.136 e. The molecule has 0 saturated heterocycles. The van der Waals surface area contributed by atoms with Gasteiger partial charge in [-0.15, -0.1) is 0 Å². The summed E-state index contributed by atoms with van der Waals surface area (Å²) in [6, 6.07) is 59.7. The molecule has 0 radical (unpaired) electrons. The summed E-state index contributed by atoms with van der Waals surface area (Å²) in [5.74, 6) is 0.265. The van der Waals surface area contributed by atoms with E-state index in [4.69, 9.17) is 8.83 Å². The van der Waals surface area contributed by atoms with Gasteiger partial charge < -0.3 is 8.83 Å². The van der Waals surface area contributed by atoms with E-state index in [-0.39, 0.29) is 5.92 Å². The minimum absolute atomic E-state index is 0.265. The number of rotatable bonds is 2. The maximum absolute atomic E-state index is 6.56. The number of hydrogen-bond donors (Lipinski definition) is 0. The van der Waals surface area contributed by atoms with Crippen LogP contribution in [0.2, 0.25) is 0 Å². The molecule has 13 rings (SSSR count). The van der Waals surface area contributed by atoms with Crippen LogP contribution in [0.5, 0.6) is 0 Å². The van der Waals surface area contributed by atoms with Gasteiger partial charge in [0.15, 0.2) is 0 Å². The van der Waals surface area contributed by atoms with Crippen molar-refractivity contribution in [1.82, 2.24) is 0 Å². The third-order valence-corrected chi connectivity index (χ3v) is 12.5. The van der Waals surface area contributed by atoms with Gasteiger partial charge in [0.25, 0.3) is 0 Å². The molecule has 1 unspecified atom stereocenters. The van der Waals surface area contributed by atoms with Crippen LogP contribution in [0.1, 0.15) is 17.9 Å². The Morgan fingerprint density at radius 2 is 0.750 bits per heavy atom. The lowest BCUT2D eigenvalue weighted by molar-refractivity contribution is 0.664. The van der Waals surface area contributed by atoms with Gasteiger partial charge in [-0.3, -0.25) is 0 Å². The van der Waals surface area contributed by atoms with Gasteiger partial charge in [-0.25, -0.2) is 0 Å². The highest BCUT2D eigenvalue weighted by Gasteiger charge is 2.19. The number of fused-ring (bicyclic) bond motifs is 18. The van der Waals surface area contributed by atoms with Gasteiger partial charge in [-0.05, 0) is 130 Å². The van der Waals surface area contributed by atoms with Crippen molar-refractivity contribution in [1.29, 1.82) is 0 Å². The van der Waals surface area contributed by atoms with Crippen molar-refractivity contribution in [2.75, 3.05) is 0 Å². The van der Waals surface area contributed by atoms with Crippen LogP contribution < -0.4 is 10.4 Å². The number of furan rings is 2. The van der Waals surface area contributed by atoms with Crippen LogP contribution in [0.4, 0.5) is 0 Å². The molecule has 56 heavy (non-hydrogen) atoms. The van der Waals surface area contributed by atoms with Crippen LogP contribution in [0.3, 0.4) is 0 Å². The maximum atomic E-state index is 6.56. The zero-order valence-corrected chi connectivity index (χ0v) is 30.3. The van der Waals surface area contributed by atoms with E-state index in [1.165, 1.54) is 75.4 Å². The van der Waals surface area contributed by atoms with Crippen LogP contribution in [0.25, 0.3) is 121 Å². The Morgan fingerprint density at radius 1 is 0.321 bits per heavy atom. The number of hydrogen-bond acceptors (Lipinski definition) is 2. The quantitative estimate of drug-likeness (QED) is 0.167. The molecule has 0 amide bonds. The summed E-state index contributed by atoms with van der Waals surface area (Å²) < 4.78 is 13.1. The molecule has 0 N–H and O–H groups in total. The third kappa shape index (κ3) is 4.21. The predicted molar refractivity (Wildman–Crippen MR) is 236 cm³/mol. The molecule has 1 aliphatic rings. The van der Waals surface area contributed by atoms with Crippen LogP contribution >= 0.6 is 0 Å². The molecule has 0 aliphatic heterocycles. The maximum Gasteiger partial charge on any atom is 0.136 e. The molecular weight excluding hydrogens is 681 g/mol. The minimum Gasteiger partial charge on any atom is -0.456 e. The van der Waals surface area contributed by atoms with Gasteiger partial charge in [-0.1, -0.05) is 133 Å². The molecule has 2 nitrogen and oxygen atoms in total. The van der Waals surface area contributed by atoms with E-state index in [9.17, 15) is 0 Å². The molecule has 0 spiro atoms. The zero-order valence-electron chi connectivity index (χ0n) is 30.3. The molecule has 1 aliphatic carbocycles. The molecule has 2 aromatic heterocycles. The largest absolute Gasteiger partial charge is 0.456 e. The Morgan fingerprint density at radius 3 is 1.36 bits per heavy atom. The third-order valence-electron chi connectivity index (χ3n) is 12.5. The van der Waals surface area contributed by atoms with Gasteiger partial charge >= 0.3 is 0 Å². The van der Waals surface area contributed by atoms with Crippen molar-refractivity contribution in [3.63, 3.8) is 0 Å². The predicted octanol–water partition coefficient (Wildman–Crippen LogP) is 13.7. The first-order valence-corrected chi connectivity index (χ1v) is 19.5.